The van der Waals surface area contributed by atoms with E-state index in [2.05, 4.69) is 4.72 Å². The number of halogens is 1. The van der Waals surface area contributed by atoms with Gasteiger partial charge in [0.15, 0.2) is 0 Å². The Kier molecular flexibility index (Phi) is 5.92. The predicted molar refractivity (Wildman–Crippen MR) is 56.5 cm³/mol. The molecule has 0 radical (unpaired) electrons. The summed E-state index contributed by atoms with van der Waals surface area (Å²) in [6.07, 6.45) is 0. The van der Waals surface area contributed by atoms with Crippen LogP contribution in [0.4, 0.5) is 0 Å². The van der Waals surface area contributed by atoms with E-state index in [1.165, 1.54) is 0 Å². The smallest absolute Gasteiger partial charge is 0.211 e. The highest BCUT2D eigenvalue weighted by molar-refractivity contribution is 7.89. The first-order valence-electron chi connectivity index (χ1n) is 4.40. The zero-order valence-corrected chi connectivity index (χ0v) is 9.95. The number of hydrogen-bond acceptors (Lipinski definition) is 2. The first kappa shape index (κ1) is 13.2. The average Bonchev–Trinajstić information content (AvgIpc) is 2.00. The molecule has 1 unspecified atom stereocenters. The molecule has 0 amide bonds. The van der Waals surface area contributed by atoms with Gasteiger partial charge in [0.05, 0.1) is 5.75 Å². The van der Waals surface area contributed by atoms with Gasteiger partial charge in [0.2, 0.25) is 10.0 Å². The summed E-state index contributed by atoms with van der Waals surface area (Å²) in [4.78, 5) is 0. The summed E-state index contributed by atoms with van der Waals surface area (Å²) in [7, 11) is -3.12. The van der Waals surface area contributed by atoms with Gasteiger partial charge in [-0.1, -0.05) is 20.8 Å². The van der Waals surface area contributed by atoms with E-state index in [4.69, 9.17) is 11.6 Å². The maximum atomic E-state index is 11.3. The molecule has 3 nitrogen and oxygen atoms in total. The summed E-state index contributed by atoms with van der Waals surface area (Å²) in [5.74, 6) is 0.832. The van der Waals surface area contributed by atoms with Gasteiger partial charge in [-0.25, -0.2) is 13.1 Å². The molecule has 0 saturated carbocycles. The molecule has 0 aliphatic carbocycles. The van der Waals surface area contributed by atoms with E-state index in [9.17, 15) is 8.42 Å². The van der Waals surface area contributed by atoms with Gasteiger partial charge in [0, 0.05) is 12.4 Å². The quantitative estimate of drug-likeness (QED) is 0.698. The van der Waals surface area contributed by atoms with Gasteiger partial charge in [-0.15, -0.1) is 11.6 Å². The van der Waals surface area contributed by atoms with Gasteiger partial charge in [0.25, 0.3) is 0 Å². The predicted octanol–water partition coefficient (Wildman–Crippen LogP) is 1.44. The third-order valence-corrected chi connectivity index (χ3v) is 3.62. The van der Waals surface area contributed by atoms with Gasteiger partial charge in [-0.05, 0) is 11.8 Å². The second-order valence-electron chi connectivity index (χ2n) is 3.78. The Morgan fingerprint density at radius 2 is 1.85 bits per heavy atom. The largest absolute Gasteiger partial charge is 0.215 e. The van der Waals surface area contributed by atoms with Crippen LogP contribution in [-0.2, 0) is 10.0 Å². The monoisotopic (exact) mass is 227 g/mol. The van der Waals surface area contributed by atoms with E-state index in [0.717, 1.165) is 0 Å². The van der Waals surface area contributed by atoms with E-state index in [0.29, 0.717) is 18.3 Å². The number of alkyl halides is 1. The first-order chi connectivity index (χ1) is 5.87. The van der Waals surface area contributed by atoms with E-state index in [-0.39, 0.29) is 11.7 Å². The van der Waals surface area contributed by atoms with Gasteiger partial charge < -0.3 is 0 Å². The van der Waals surface area contributed by atoms with Crippen molar-refractivity contribution in [1.82, 2.24) is 4.72 Å². The highest BCUT2D eigenvalue weighted by atomic mass is 35.5. The molecule has 0 aromatic rings. The Balaban J connectivity index is 3.95. The first-order valence-corrected chi connectivity index (χ1v) is 6.59. The zero-order chi connectivity index (χ0) is 10.5. The molecule has 80 valence electrons. The Bertz CT molecular complexity index is 226. The third-order valence-electron chi connectivity index (χ3n) is 1.48. The third kappa shape index (κ3) is 7.28. The van der Waals surface area contributed by atoms with Gasteiger partial charge in [0.1, 0.15) is 0 Å². The Labute approximate surface area is 85.9 Å². The van der Waals surface area contributed by atoms with Crippen molar-refractivity contribution >= 4 is 21.6 Å². The van der Waals surface area contributed by atoms with E-state index < -0.39 is 10.0 Å². The second kappa shape index (κ2) is 5.83. The van der Waals surface area contributed by atoms with Crippen molar-refractivity contribution in [3.05, 3.63) is 0 Å². The van der Waals surface area contributed by atoms with Crippen LogP contribution in [0.15, 0.2) is 0 Å². The Hall–Kier alpha value is 0.200. The molecular weight excluding hydrogens is 210 g/mol. The van der Waals surface area contributed by atoms with Crippen molar-refractivity contribution in [1.29, 1.82) is 0 Å². The molecule has 0 aromatic heterocycles. The summed E-state index contributed by atoms with van der Waals surface area (Å²) in [6, 6.07) is 0. The van der Waals surface area contributed by atoms with Crippen LogP contribution in [-0.4, -0.2) is 26.6 Å². The van der Waals surface area contributed by atoms with Crippen LogP contribution in [0.25, 0.3) is 0 Å². The van der Waals surface area contributed by atoms with Crippen molar-refractivity contribution in [3.63, 3.8) is 0 Å². The molecule has 1 atom stereocenters. The van der Waals surface area contributed by atoms with Crippen LogP contribution in [0.5, 0.6) is 0 Å². The minimum Gasteiger partial charge on any atom is -0.215 e. The van der Waals surface area contributed by atoms with E-state index >= 15 is 0 Å². The van der Waals surface area contributed by atoms with Crippen molar-refractivity contribution < 1.29 is 8.42 Å². The molecule has 0 fully saturated rings. The maximum absolute atomic E-state index is 11.3. The molecule has 0 aliphatic rings. The van der Waals surface area contributed by atoms with Gasteiger partial charge in [-0.3, -0.25) is 0 Å². The maximum Gasteiger partial charge on any atom is 0.211 e. The summed E-state index contributed by atoms with van der Waals surface area (Å²) in [6.45, 7) is 6.25. The zero-order valence-electron chi connectivity index (χ0n) is 8.38. The highest BCUT2D eigenvalue weighted by Crippen LogP contribution is 2.02. The van der Waals surface area contributed by atoms with Crippen molar-refractivity contribution in [2.75, 3.05) is 18.2 Å². The van der Waals surface area contributed by atoms with Crippen molar-refractivity contribution in [2.24, 2.45) is 11.8 Å². The van der Waals surface area contributed by atoms with E-state index in [1.807, 2.05) is 20.8 Å². The lowest BCUT2D eigenvalue weighted by molar-refractivity contribution is 0.550. The normalized spacial score (nSPS) is 14.8. The number of sulfonamides is 1. The van der Waals surface area contributed by atoms with Crippen LogP contribution >= 0.6 is 11.6 Å². The van der Waals surface area contributed by atoms with Crippen LogP contribution < -0.4 is 4.72 Å². The molecule has 0 bridgehead atoms. The molecule has 5 heteroatoms. The fourth-order valence-corrected chi connectivity index (χ4v) is 2.58. The Morgan fingerprint density at radius 3 is 2.23 bits per heavy atom. The molecule has 0 saturated heterocycles. The summed E-state index contributed by atoms with van der Waals surface area (Å²) >= 11 is 5.53. The fourth-order valence-electron chi connectivity index (χ4n) is 0.772. The molecule has 0 spiro atoms. The summed E-state index contributed by atoms with van der Waals surface area (Å²) in [5, 5.41) is 0. The molecule has 13 heavy (non-hydrogen) atoms. The van der Waals surface area contributed by atoms with E-state index in [1.54, 1.807) is 0 Å². The highest BCUT2D eigenvalue weighted by Gasteiger charge is 2.14. The SMILES string of the molecule is CC(C)CNS(=O)(=O)CC(C)CCl. The van der Waals surface area contributed by atoms with Gasteiger partial charge >= 0.3 is 0 Å². The fraction of sp³-hybridized carbons (Fsp3) is 1.00. The van der Waals surface area contributed by atoms with Crippen LogP contribution in [0.1, 0.15) is 20.8 Å². The number of hydrogen-bond donors (Lipinski definition) is 1. The molecule has 0 heterocycles. The van der Waals surface area contributed by atoms with Crippen LogP contribution in [0.2, 0.25) is 0 Å². The minimum atomic E-state index is -3.12. The topological polar surface area (TPSA) is 46.2 Å². The lowest BCUT2D eigenvalue weighted by Gasteiger charge is -2.11. The molecular formula is C8H18ClNO2S. The molecule has 0 aromatic carbocycles. The average molecular weight is 228 g/mol. The molecule has 0 rings (SSSR count). The summed E-state index contributed by atoms with van der Waals surface area (Å²) < 4.78 is 25.2. The van der Waals surface area contributed by atoms with Crippen LogP contribution in [0, 0.1) is 11.8 Å². The Morgan fingerprint density at radius 1 is 1.31 bits per heavy atom. The minimum absolute atomic E-state index is 0.00586. The van der Waals surface area contributed by atoms with Crippen molar-refractivity contribution in [2.45, 2.75) is 20.8 Å². The standard InChI is InChI=1S/C8H18ClNO2S/c1-7(2)5-10-13(11,12)6-8(3)4-9/h7-8,10H,4-6H2,1-3H3. The lowest BCUT2D eigenvalue weighted by atomic mass is 10.2. The van der Waals surface area contributed by atoms with Crippen LogP contribution in [0.3, 0.4) is 0 Å². The lowest BCUT2D eigenvalue weighted by Crippen LogP contribution is -2.32. The molecule has 0 aliphatic heterocycles. The number of nitrogens with one attached hydrogen (secondary N) is 1. The van der Waals surface area contributed by atoms with Crippen molar-refractivity contribution in [3.8, 4) is 0 Å². The number of rotatable bonds is 6. The van der Waals surface area contributed by atoms with Gasteiger partial charge in [-0.2, -0.15) is 0 Å². The molecule has 1 N–H and O–H groups in total. The second-order valence-corrected chi connectivity index (χ2v) is 5.94. The summed E-state index contributed by atoms with van der Waals surface area (Å²) in [5.41, 5.74) is 0.